The van der Waals surface area contributed by atoms with Crippen molar-refractivity contribution in [2.75, 3.05) is 13.1 Å². The van der Waals surface area contributed by atoms with E-state index in [-0.39, 0.29) is 11.8 Å². The molecule has 0 aliphatic heterocycles. The lowest BCUT2D eigenvalue weighted by Gasteiger charge is -2.08. The van der Waals surface area contributed by atoms with Crippen LogP contribution in [-0.4, -0.2) is 29.9 Å². The normalized spacial score (nSPS) is 10.3. The SMILES string of the molecule is CC(=O)NCCNC(=O)c1cnc(Cl)c2ccccc12. The van der Waals surface area contributed by atoms with E-state index in [9.17, 15) is 9.59 Å². The van der Waals surface area contributed by atoms with Gasteiger partial charge in [-0.2, -0.15) is 0 Å². The van der Waals surface area contributed by atoms with Crippen molar-refractivity contribution in [3.05, 3.63) is 41.2 Å². The number of hydrogen-bond acceptors (Lipinski definition) is 3. The van der Waals surface area contributed by atoms with Gasteiger partial charge in [0.15, 0.2) is 0 Å². The van der Waals surface area contributed by atoms with Crippen LogP contribution >= 0.6 is 11.6 Å². The lowest BCUT2D eigenvalue weighted by molar-refractivity contribution is -0.118. The Balaban J connectivity index is 2.14. The molecule has 0 saturated carbocycles. The highest BCUT2D eigenvalue weighted by Gasteiger charge is 2.12. The second-order valence-corrected chi connectivity index (χ2v) is 4.61. The Morgan fingerprint density at radius 1 is 1.15 bits per heavy atom. The molecule has 2 N–H and O–H groups in total. The number of pyridine rings is 1. The maximum Gasteiger partial charge on any atom is 0.253 e. The van der Waals surface area contributed by atoms with Crippen molar-refractivity contribution in [2.24, 2.45) is 0 Å². The lowest BCUT2D eigenvalue weighted by atomic mass is 10.1. The minimum absolute atomic E-state index is 0.127. The van der Waals surface area contributed by atoms with E-state index in [1.807, 2.05) is 24.3 Å². The molecule has 20 heavy (non-hydrogen) atoms. The number of nitrogens with one attached hydrogen (secondary N) is 2. The van der Waals surface area contributed by atoms with Crippen molar-refractivity contribution in [2.45, 2.75) is 6.92 Å². The van der Waals surface area contributed by atoms with Crippen LogP contribution in [0, 0.1) is 0 Å². The molecular formula is C14H14ClN3O2. The summed E-state index contributed by atoms with van der Waals surface area (Å²) in [6, 6.07) is 7.32. The van der Waals surface area contributed by atoms with Crippen LogP contribution in [0.2, 0.25) is 5.15 Å². The molecule has 1 aromatic heterocycles. The van der Waals surface area contributed by atoms with Gasteiger partial charge in [0.25, 0.3) is 5.91 Å². The van der Waals surface area contributed by atoms with E-state index in [0.29, 0.717) is 23.8 Å². The van der Waals surface area contributed by atoms with Crippen molar-refractivity contribution in [3.8, 4) is 0 Å². The minimum Gasteiger partial charge on any atom is -0.355 e. The van der Waals surface area contributed by atoms with E-state index in [0.717, 1.165) is 10.8 Å². The van der Waals surface area contributed by atoms with Gasteiger partial charge in [-0.05, 0) is 5.39 Å². The monoisotopic (exact) mass is 291 g/mol. The summed E-state index contributed by atoms with van der Waals surface area (Å²) in [4.78, 5) is 26.8. The third kappa shape index (κ3) is 3.24. The fourth-order valence-electron chi connectivity index (χ4n) is 1.85. The number of aromatic nitrogens is 1. The molecule has 5 nitrogen and oxygen atoms in total. The molecule has 0 saturated heterocycles. The fourth-order valence-corrected chi connectivity index (χ4v) is 2.06. The standard InChI is InChI=1S/C14H14ClN3O2/c1-9(19)16-6-7-17-14(20)12-8-18-13(15)11-5-3-2-4-10(11)12/h2-5,8H,6-7H2,1H3,(H,16,19)(H,17,20). The highest BCUT2D eigenvalue weighted by molar-refractivity contribution is 6.34. The zero-order valence-corrected chi connectivity index (χ0v) is 11.7. The van der Waals surface area contributed by atoms with Crippen LogP contribution in [0.1, 0.15) is 17.3 Å². The first-order chi connectivity index (χ1) is 9.59. The molecule has 2 amide bonds. The van der Waals surface area contributed by atoms with E-state index in [4.69, 9.17) is 11.6 Å². The molecule has 0 aliphatic carbocycles. The molecule has 0 bridgehead atoms. The number of halogens is 1. The Kier molecular flexibility index (Phi) is 4.53. The van der Waals surface area contributed by atoms with Crippen molar-refractivity contribution in [1.82, 2.24) is 15.6 Å². The summed E-state index contributed by atoms with van der Waals surface area (Å²) in [5, 5.41) is 7.20. The predicted octanol–water partition coefficient (Wildman–Crippen LogP) is 1.75. The maximum atomic E-state index is 12.1. The predicted molar refractivity (Wildman–Crippen MR) is 77.8 cm³/mol. The van der Waals surface area contributed by atoms with Crippen LogP contribution in [0.5, 0.6) is 0 Å². The van der Waals surface area contributed by atoms with Crippen LogP contribution < -0.4 is 10.6 Å². The Morgan fingerprint density at radius 3 is 2.50 bits per heavy atom. The van der Waals surface area contributed by atoms with Crippen LogP contribution in [0.15, 0.2) is 30.5 Å². The topological polar surface area (TPSA) is 71.1 Å². The van der Waals surface area contributed by atoms with Gasteiger partial charge in [0, 0.05) is 31.6 Å². The van der Waals surface area contributed by atoms with Gasteiger partial charge in [-0.25, -0.2) is 4.98 Å². The third-order valence-electron chi connectivity index (χ3n) is 2.78. The summed E-state index contributed by atoms with van der Waals surface area (Å²) in [6.07, 6.45) is 1.46. The molecular weight excluding hydrogens is 278 g/mol. The first kappa shape index (κ1) is 14.3. The number of nitrogens with zero attached hydrogens (tertiary/aromatic N) is 1. The lowest BCUT2D eigenvalue weighted by Crippen LogP contribution is -2.33. The minimum atomic E-state index is -0.240. The second kappa shape index (κ2) is 6.34. The number of carbonyl (C=O) groups excluding carboxylic acids is 2. The van der Waals surface area contributed by atoms with Gasteiger partial charge < -0.3 is 10.6 Å². The van der Waals surface area contributed by atoms with Gasteiger partial charge in [0.05, 0.1) is 5.56 Å². The molecule has 0 aliphatic rings. The summed E-state index contributed by atoms with van der Waals surface area (Å²) < 4.78 is 0. The van der Waals surface area contributed by atoms with Crippen molar-refractivity contribution < 1.29 is 9.59 Å². The van der Waals surface area contributed by atoms with Crippen LogP contribution in [-0.2, 0) is 4.79 Å². The summed E-state index contributed by atoms with van der Waals surface area (Å²) in [5.41, 5.74) is 0.466. The number of benzene rings is 1. The number of rotatable bonds is 4. The van der Waals surface area contributed by atoms with Crippen molar-refractivity contribution >= 4 is 34.2 Å². The molecule has 104 valence electrons. The van der Waals surface area contributed by atoms with Crippen molar-refractivity contribution in [1.29, 1.82) is 0 Å². The average Bonchev–Trinajstić information content (AvgIpc) is 2.44. The number of fused-ring (bicyclic) bond motifs is 1. The number of hydrogen-bond donors (Lipinski definition) is 2. The molecule has 0 radical (unpaired) electrons. The molecule has 0 atom stereocenters. The van der Waals surface area contributed by atoms with E-state index in [1.54, 1.807) is 0 Å². The van der Waals surface area contributed by atoms with Gasteiger partial charge in [-0.15, -0.1) is 0 Å². The van der Waals surface area contributed by atoms with E-state index < -0.39 is 0 Å². The molecule has 0 unspecified atom stereocenters. The van der Waals surface area contributed by atoms with E-state index in [2.05, 4.69) is 15.6 Å². The average molecular weight is 292 g/mol. The zero-order valence-electron chi connectivity index (χ0n) is 10.9. The Hall–Kier alpha value is -2.14. The molecule has 0 spiro atoms. The molecule has 2 rings (SSSR count). The third-order valence-corrected chi connectivity index (χ3v) is 3.08. The first-order valence-corrected chi connectivity index (χ1v) is 6.53. The van der Waals surface area contributed by atoms with E-state index >= 15 is 0 Å². The number of carbonyl (C=O) groups is 2. The molecule has 1 aromatic carbocycles. The van der Waals surface area contributed by atoms with Crippen LogP contribution in [0.3, 0.4) is 0 Å². The first-order valence-electron chi connectivity index (χ1n) is 6.15. The molecule has 0 fully saturated rings. The van der Waals surface area contributed by atoms with Crippen LogP contribution in [0.25, 0.3) is 10.8 Å². The van der Waals surface area contributed by atoms with Gasteiger partial charge in [0.1, 0.15) is 5.15 Å². The smallest absolute Gasteiger partial charge is 0.253 e. The maximum absolute atomic E-state index is 12.1. The van der Waals surface area contributed by atoms with Gasteiger partial charge >= 0.3 is 0 Å². The Bertz CT molecular complexity index is 658. The molecule has 2 aromatic rings. The van der Waals surface area contributed by atoms with Crippen molar-refractivity contribution in [3.63, 3.8) is 0 Å². The zero-order chi connectivity index (χ0) is 14.5. The molecule has 6 heteroatoms. The van der Waals surface area contributed by atoms with Gasteiger partial charge in [-0.3, -0.25) is 9.59 Å². The van der Waals surface area contributed by atoms with Crippen LogP contribution in [0.4, 0.5) is 0 Å². The fraction of sp³-hybridized carbons (Fsp3) is 0.214. The van der Waals surface area contributed by atoms with Gasteiger partial charge in [0.2, 0.25) is 5.91 Å². The summed E-state index contributed by atoms with van der Waals surface area (Å²) in [5.74, 6) is -0.367. The Labute approximate surface area is 121 Å². The number of amides is 2. The molecule has 1 heterocycles. The van der Waals surface area contributed by atoms with E-state index in [1.165, 1.54) is 13.1 Å². The highest BCUT2D eigenvalue weighted by Crippen LogP contribution is 2.23. The Morgan fingerprint density at radius 2 is 1.80 bits per heavy atom. The quantitative estimate of drug-likeness (QED) is 0.666. The van der Waals surface area contributed by atoms with Gasteiger partial charge in [-0.1, -0.05) is 35.9 Å². The summed E-state index contributed by atoms with van der Waals surface area (Å²) >= 11 is 6.01. The highest BCUT2D eigenvalue weighted by atomic mass is 35.5. The largest absolute Gasteiger partial charge is 0.355 e. The summed E-state index contributed by atoms with van der Waals surface area (Å²) in [7, 11) is 0. The summed E-state index contributed by atoms with van der Waals surface area (Å²) in [6.45, 7) is 2.17. The second-order valence-electron chi connectivity index (χ2n) is 4.25.